The number of nitrogens with one attached hydrogen (secondary N) is 1. The average Bonchev–Trinajstić information content (AvgIpc) is 2.66. The highest BCUT2D eigenvalue weighted by Gasteiger charge is 2.12. The highest BCUT2D eigenvalue weighted by Crippen LogP contribution is 2.29. The normalized spacial score (nSPS) is 11.2. The lowest BCUT2D eigenvalue weighted by Gasteiger charge is -2.01. The van der Waals surface area contributed by atoms with E-state index in [1.54, 1.807) is 0 Å². The SMILES string of the molecule is CCCNCc1oc2ccc(Br)cc2c1CC. The van der Waals surface area contributed by atoms with Crippen LogP contribution in [0.4, 0.5) is 0 Å². The number of benzene rings is 1. The van der Waals surface area contributed by atoms with E-state index in [-0.39, 0.29) is 0 Å². The summed E-state index contributed by atoms with van der Waals surface area (Å²) in [6.45, 7) is 6.20. The van der Waals surface area contributed by atoms with Crippen molar-refractivity contribution in [1.82, 2.24) is 5.32 Å². The van der Waals surface area contributed by atoms with E-state index in [9.17, 15) is 0 Å². The standard InChI is InChI=1S/C14H18BrNO/c1-3-7-16-9-14-11(4-2)12-8-10(15)5-6-13(12)17-14/h5-6,8,16H,3-4,7,9H2,1-2H3. The Morgan fingerprint density at radius 3 is 2.82 bits per heavy atom. The second-order valence-corrected chi connectivity index (χ2v) is 5.09. The van der Waals surface area contributed by atoms with Gasteiger partial charge in [0.2, 0.25) is 0 Å². The molecule has 0 fully saturated rings. The molecule has 0 atom stereocenters. The van der Waals surface area contributed by atoms with Gasteiger partial charge in [-0.05, 0) is 37.6 Å². The minimum Gasteiger partial charge on any atom is -0.459 e. The van der Waals surface area contributed by atoms with Crippen molar-refractivity contribution < 1.29 is 4.42 Å². The maximum Gasteiger partial charge on any atom is 0.134 e. The lowest BCUT2D eigenvalue weighted by atomic mass is 10.1. The largest absolute Gasteiger partial charge is 0.459 e. The molecule has 17 heavy (non-hydrogen) atoms. The van der Waals surface area contributed by atoms with E-state index in [4.69, 9.17) is 4.42 Å². The summed E-state index contributed by atoms with van der Waals surface area (Å²) >= 11 is 3.51. The van der Waals surface area contributed by atoms with E-state index in [0.29, 0.717) is 0 Å². The monoisotopic (exact) mass is 295 g/mol. The van der Waals surface area contributed by atoms with Gasteiger partial charge in [-0.1, -0.05) is 29.8 Å². The van der Waals surface area contributed by atoms with Crippen LogP contribution in [0.1, 0.15) is 31.6 Å². The van der Waals surface area contributed by atoms with Crippen LogP contribution in [-0.4, -0.2) is 6.54 Å². The minimum absolute atomic E-state index is 0.823. The van der Waals surface area contributed by atoms with E-state index >= 15 is 0 Å². The molecule has 0 unspecified atom stereocenters. The Balaban J connectivity index is 2.35. The molecule has 2 rings (SSSR count). The minimum atomic E-state index is 0.823. The molecule has 0 spiro atoms. The van der Waals surface area contributed by atoms with Crippen molar-refractivity contribution in [2.45, 2.75) is 33.2 Å². The molecule has 0 radical (unpaired) electrons. The summed E-state index contributed by atoms with van der Waals surface area (Å²) < 4.78 is 7.01. The van der Waals surface area contributed by atoms with E-state index in [0.717, 1.165) is 41.7 Å². The zero-order valence-electron chi connectivity index (χ0n) is 10.3. The van der Waals surface area contributed by atoms with Crippen LogP contribution in [0.3, 0.4) is 0 Å². The summed E-state index contributed by atoms with van der Waals surface area (Å²) in [5.41, 5.74) is 2.31. The summed E-state index contributed by atoms with van der Waals surface area (Å²) in [5, 5.41) is 4.63. The van der Waals surface area contributed by atoms with Crippen LogP contribution in [0, 0.1) is 0 Å². The van der Waals surface area contributed by atoms with Gasteiger partial charge in [0.15, 0.2) is 0 Å². The Kier molecular flexibility index (Phi) is 4.24. The highest BCUT2D eigenvalue weighted by molar-refractivity contribution is 9.10. The Hall–Kier alpha value is -0.800. The maximum atomic E-state index is 5.91. The zero-order valence-corrected chi connectivity index (χ0v) is 11.9. The number of hydrogen-bond donors (Lipinski definition) is 1. The van der Waals surface area contributed by atoms with Gasteiger partial charge in [0.05, 0.1) is 6.54 Å². The molecule has 0 aliphatic heterocycles. The van der Waals surface area contributed by atoms with Gasteiger partial charge < -0.3 is 9.73 Å². The summed E-state index contributed by atoms with van der Waals surface area (Å²) in [6, 6.07) is 6.19. The lowest BCUT2D eigenvalue weighted by Crippen LogP contribution is -2.14. The van der Waals surface area contributed by atoms with Crippen molar-refractivity contribution in [3.63, 3.8) is 0 Å². The Bertz CT molecular complexity index is 504. The van der Waals surface area contributed by atoms with Gasteiger partial charge in [0, 0.05) is 15.4 Å². The molecule has 2 aromatic rings. The fraction of sp³-hybridized carbons (Fsp3) is 0.429. The van der Waals surface area contributed by atoms with Crippen molar-refractivity contribution in [1.29, 1.82) is 0 Å². The fourth-order valence-electron chi connectivity index (χ4n) is 2.08. The van der Waals surface area contributed by atoms with Gasteiger partial charge in [-0.3, -0.25) is 0 Å². The molecule has 0 aliphatic carbocycles. The molecule has 2 nitrogen and oxygen atoms in total. The van der Waals surface area contributed by atoms with E-state index in [1.807, 2.05) is 12.1 Å². The second-order valence-electron chi connectivity index (χ2n) is 4.17. The Morgan fingerprint density at radius 2 is 2.12 bits per heavy atom. The molecule has 1 aromatic carbocycles. The van der Waals surface area contributed by atoms with E-state index in [1.165, 1.54) is 10.9 Å². The molecule has 1 heterocycles. The summed E-state index contributed by atoms with van der Waals surface area (Å²) in [7, 11) is 0. The second kappa shape index (κ2) is 5.69. The Labute approximate surface area is 111 Å². The van der Waals surface area contributed by atoms with Crippen molar-refractivity contribution >= 4 is 26.9 Å². The number of furan rings is 1. The van der Waals surface area contributed by atoms with E-state index < -0.39 is 0 Å². The lowest BCUT2D eigenvalue weighted by molar-refractivity contribution is 0.508. The molecule has 1 N–H and O–H groups in total. The van der Waals surface area contributed by atoms with Crippen LogP contribution in [0.2, 0.25) is 0 Å². The van der Waals surface area contributed by atoms with Gasteiger partial charge in [0.25, 0.3) is 0 Å². The molecule has 0 aliphatic rings. The van der Waals surface area contributed by atoms with Crippen LogP contribution >= 0.6 is 15.9 Å². The maximum absolute atomic E-state index is 5.91. The summed E-state index contributed by atoms with van der Waals surface area (Å²) in [5.74, 6) is 1.08. The predicted molar refractivity (Wildman–Crippen MR) is 75.3 cm³/mol. The van der Waals surface area contributed by atoms with Gasteiger partial charge in [-0.2, -0.15) is 0 Å². The van der Waals surface area contributed by atoms with Crippen LogP contribution in [0.5, 0.6) is 0 Å². The third-order valence-corrected chi connectivity index (χ3v) is 3.40. The average molecular weight is 296 g/mol. The molecule has 0 saturated heterocycles. The van der Waals surface area contributed by atoms with E-state index in [2.05, 4.69) is 41.2 Å². The molecule has 1 aromatic heterocycles. The highest BCUT2D eigenvalue weighted by atomic mass is 79.9. The van der Waals surface area contributed by atoms with Crippen molar-refractivity contribution in [2.24, 2.45) is 0 Å². The van der Waals surface area contributed by atoms with Crippen LogP contribution < -0.4 is 5.32 Å². The number of fused-ring (bicyclic) bond motifs is 1. The smallest absolute Gasteiger partial charge is 0.134 e. The zero-order chi connectivity index (χ0) is 12.3. The predicted octanol–water partition coefficient (Wildman–Crippen LogP) is 4.26. The van der Waals surface area contributed by atoms with Gasteiger partial charge >= 0.3 is 0 Å². The van der Waals surface area contributed by atoms with Gasteiger partial charge in [-0.25, -0.2) is 0 Å². The summed E-state index contributed by atoms with van der Waals surface area (Å²) in [6.07, 6.45) is 2.15. The van der Waals surface area contributed by atoms with Gasteiger partial charge in [-0.15, -0.1) is 0 Å². The first kappa shape index (κ1) is 12.7. The molecule has 92 valence electrons. The number of aryl methyl sites for hydroxylation is 1. The van der Waals surface area contributed by atoms with Crippen molar-refractivity contribution in [2.75, 3.05) is 6.54 Å². The van der Waals surface area contributed by atoms with Crippen LogP contribution in [0.15, 0.2) is 27.1 Å². The molecule has 0 bridgehead atoms. The first-order valence-electron chi connectivity index (χ1n) is 6.16. The van der Waals surface area contributed by atoms with Crippen LogP contribution in [0.25, 0.3) is 11.0 Å². The molecular formula is C14H18BrNO. The molecule has 0 amide bonds. The number of hydrogen-bond acceptors (Lipinski definition) is 2. The van der Waals surface area contributed by atoms with Crippen molar-refractivity contribution in [3.8, 4) is 0 Å². The van der Waals surface area contributed by atoms with Crippen LogP contribution in [-0.2, 0) is 13.0 Å². The number of rotatable bonds is 5. The molecule has 3 heteroatoms. The topological polar surface area (TPSA) is 25.2 Å². The Morgan fingerprint density at radius 1 is 1.29 bits per heavy atom. The van der Waals surface area contributed by atoms with Crippen molar-refractivity contribution in [3.05, 3.63) is 34.0 Å². The molecule has 0 saturated carbocycles. The fourth-order valence-corrected chi connectivity index (χ4v) is 2.44. The quantitative estimate of drug-likeness (QED) is 0.834. The third kappa shape index (κ3) is 2.72. The number of halogens is 1. The molecular weight excluding hydrogens is 278 g/mol. The first-order valence-corrected chi connectivity index (χ1v) is 6.96. The summed E-state index contributed by atoms with van der Waals surface area (Å²) in [4.78, 5) is 0. The first-order chi connectivity index (χ1) is 8.26. The van der Waals surface area contributed by atoms with Gasteiger partial charge in [0.1, 0.15) is 11.3 Å². The third-order valence-electron chi connectivity index (χ3n) is 2.90.